The van der Waals surface area contributed by atoms with Gasteiger partial charge in [-0.25, -0.2) is 0 Å². The first kappa shape index (κ1) is 22.0. The zero-order valence-corrected chi connectivity index (χ0v) is 19.1. The van der Waals surface area contributed by atoms with Crippen molar-refractivity contribution >= 4 is 34.8 Å². The Labute approximate surface area is 195 Å². The number of benzene rings is 2. The van der Waals surface area contributed by atoms with Crippen molar-refractivity contribution in [3.05, 3.63) is 99.2 Å². The summed E-state index contributed by atoms with van der Waals surface area (Å²) in [5.41, 5.74) is 3.13. The lowest BCUT2D eigenvalue weighted by Crippen LogP contribution is -2.12. The van der Waals surface area contributed by atoms with E-state index < -0.39 is 0 Å². The van der Waals surface area contributed by atoms with Gasteiger partial charge in [0.05, 0.1) is 28.6 Å². The van der Waals surface area contributed by atoms with E-state index in [9.17, 15) is 4.79 Å². The van der Waals surface area contributed by atoms with Crippen molar-refractivity contribution in [1.82, 2.24) is 9.78 Å². The van der Waals surface area contributed by atoms with E-state index in [0.717, 1.165) is 11.3 Å². The molecule has 0 spiro atoms. The molecule has 0 bridgehead atoms. The van der Waals surface area contributed by atoms with Crippen LogP contribution in [0.15, 0.2) is 65.1 Å². The number of halogens is 2. The van der Waals surface area contributed by atoms with E-state index >= 15 is 0 Å². The second-order valence-corrected chi connectivity index (χ2v) is 8.05. The van der Waals surface area contributed by atoms with Crippen LogP contribution in [0.4, 0.5) is 5.69 Å². The third kappa shape index (κ3) is 4.82. The number of ether oxygens (including phenoxy) is 1. The van der Waals surface area contributed by atoms with E-state index in [1.54, 1.807) is 24.3 Å². The summed E-state index contributed by atoms with van der Waals surface area (Å²) in [5, 5.41) is 8.64. The standard InChI is InChI=1S/C24H21Cl2N3O3/c1-15-23(16(2)29(28-15)13-17-7-3-4-8-19(17)25)27-24(30)22-12-11-18(32-22)14-31-21-10-6-5-9-20(21)26/h3-12H,13-14H2,1-2H3,(H,27,30). The molecule has 0 saturated heterocycles. The normalized spacial score (nSPS) is 10.9. The molecule has 1 N–H and O–H groups in total. The summed E-state index contributed by atoms with van der Waals surface area (Å²) < 4.78 is 13.1. The SMILES string of the molecule is Cc1nn(Cc2ccccc2Cl)c(C)c1NC(=O)c1ccc(COc2ccccc2Cl)o1. The van der Waals surface area contributed by atoms with Crippen LogP contribution in [0.1, 0.15) is 33.3 Å². The fraction of sp³-hybridized carbons (Fsp3) is 0.167. The Kier molecular flexibility index (Phi) is 6.53. The lowest BCUT2D eigenvalue weighted by atomic mass is 10.2. The number of hydrogen-bond donors (Lipinski definition) is 1. The Morgan fingerprint density at radius 3 is 2.50 bits per heavy atom. The van der Waals surface area contributed by atoms with Crippen molar-refractivity contribution in [2.45, 2.75) is 27.0 Å². The molecule has 1 amide bonds. The summed E-state index contributed by atoms with van der Waals surface area (Å²) in [6, 6.07) is 18.1. The number of furan rings is 1. The number of carbonyl (C=O) groups excluding carboxylic acids is 1. The van der Waals surface area contributed by atoms with Gasteiger partial charge in [-0.15, -0.1) is 0 Å². The van der Waals surface area contributed by atoms with Gasteiger partial charge in [0.25, 0.3) is 5.91 Å². The minimum absolute atomic E-state index is 0.158. The maximum Gasteiger partial charge on any atom is 0.291 e. The first-order chi connectivity index (χ1) is 15.4. The van der Waals surface area contributed by atoms with Gasteiger partial charge in [-0.2, -0.15) is 5.10 Å². The lowest BCUT2D eigenvalue weighted by Gasteiger charge is -2.08. The smallest absolute Gasteiger partial charge is 0.291 e. The third-order valence-electron chi connectivity index (χ3n) is 4.99. The summed E-state index contributed by atoms with van der Waals surface area (Å²) >= 11 is 12.4. The van der Waals surface area contributed by atoms with Crippen LogP contribution in [0.5, 0.6) is 5.75 Å². The molecule has 6 nitrogen and oxygen atoms in total. The molecule has 0 unspecified atom stereocenters. The highest BCUT2D eigenvalue weighted by Crippen LogP contribution is 2.26. The quantitative estimate of drug-likeness (QED) is 0.345. The molecule has 0 saturated carbocycles. The maximum atomic E-state index is 12.8. The van der Waals surface area contributed by atoms with Gasteiger partial charge in [0, 0.05) is 5.02 Å². The van der Waals surface area contributed by atoms with Gasteiger partial charge in [0.15, 0.2) is 5.76 Å². The molecule has 0 aliphatic heterocycles. The highest BCUT2D eigenvalue weighted by molar-refractivity contribution is 6.32. The minimum Gasteiger partial charge on any atom is -0.484 e. The summed E-state index contributed by atoms with van der Waals surface area (Å²) in [5.74, 6) is 0.879. The molecule has 0 fully saturated rings. The van der Waals surface area contributed by atoms with Crippen LogP contribution in [0.2, 0.25) is 10.0 Å². The van der Waals surface area contributed by atoms with Crippen molar-refractivity contribution in [1.29, 1.82) is 0 Å². The highest BCUT2D eigenvalue weighted by Gasteiger charge is 2.18. The number of para-hydroxylation sites is 1. The van der Waals surface area contributed by atoms with E-state index in [0.29, 0.717) is 39.5 Å². The van der Waals surface area contributed by atoms with E-state index in [1.165, 1.54) is 0 Å². The Hall–Kier alpha value is -3.22. The average Bonchev–Trinajstić information content (AvgIpc) is 3.35. The van der Waals surface area contributed by atoms with Gasteiger partial charge in [-0.1, -0.05) is 53.5 Å². The van der Waals surface area contributed by atoms with E-state index in [-0.39, 0.29) is 18.3 Å². The van der Waals surface area contributed by atoms with E-state index in [2.05, 4.69) is 10.4 Å². The summed E-state index contributed by atoms with van der Waals surface area (Å²) in [4.78, 5) is 12.8. The molecule has 0 aliphatic carbocycles. The van der Waals surface area contributed by atoms with Crippen molar-refractivity contribution in [3.8, 4) is 5.75 Å². The number of aromatic nitrogens is 2. The number of hydrogen-bond acceptors (Lipinski definition) is 4. The molecule has 2 aromatic heterocycles. The summed E-state index contributed by atoms with van der Waals surface area (Å²) in [7, 11) is 0. The van der Waals surface area contributed by atoms with Crippen LogP contribution < -0.4 is 10.1 Å². The Bertz CT molecular complexity index is 1260. The zero-order valence-electron chi connectivity index (χ0n) is 17.6. The first-order valence-electron chi connectivity index (χ1n) is 9.97. The fourth-order valence-corrected chi connectivity index (χ4v) is 3.67. The predicted octanol–water partition coefficient (Wildman–Crippen LogP) is 6.28. The summed E-state index contributed by atoms with van der Waals surface area (Å²) in [6.07, 6.45) is 0. The molecule has 2 aromatic carbocycles. The molecular weight excluding hydrogens is 449 g/mol. The van der Waals surface area contributed by atoms with Gasteiger partial charge in [-0.3, -0.25) is 9.48 Å². The molecule has 164 valence electrons. The zero-order chi connectivity index (χ0) is 22.7. The predicted molar refractivity (Wildman–Crippen MR) is 125 cm³/mol. The Morgan fingerprint density at radius 1 is 1.03 bits per heavy atom. The van der Waals surface area contributed by atoms with Crippen molar-refractivity contribution < 1.29 is 13.9 Å². The minimum atomic E-state index is -0.363. The monoisotopic (exact) mass is 469 g/mol. The number of amides is 1. The second kappa shape index (κ2) is 9.51. The average molecular weight is 470 g/mol. The molecule has 4 aromatic rings. The lowest BCUT2D eigenvalue weighted by molar-refractivity contribution is 0.0992. The van der Waals surface area contributed by atoms with E-state index in [1.807, 2.05) is 54.9 Å². The van der Waals surface area contributed by atoms with Gasteiger partial charge in [0.2, 0.25) is 0 Å². The highest BCUT2D eigenvalue weighted by atomic mass is 35.5. The number of aryl methyl sites for hydroxylation is 1. The Morgan fingerprint density at radius 2 is 1.75 bits per heavy atom. The number of nitrogens with zero attached hydrogens (tertiary/aromatic N) is 2. The molecule has 0 radical (unpaired) electrons. The van der Waals surface area contributed by atoms with Gasteiger partial charge in [-0.05, 0) is 49.7 Å². The second-order valence-electron chi connectivity index (χ2n) is 7.23. The molecule has 8 heteroatoms. The number of carbonyl (C=O) groups is 1. The van der Waals surface area contributed by atoms with Crippen molar-refractivity contribution in [2.24, 2.45) is 0 Å². The van der Waals surface area contributed by atoms with Crippen molar-refractivity contribution in [3.63, 3.8) is 0 Å². The molecule has 0 aliphatic rings. The molecule has 32 heavy (non-hydrogen) atoms. The molecular formula is C24H21Cl2N3O3. The Balaban J connectivity index is 1.44. The number of nitrogens with one attached hydrogen (secondary N) is 1. The topological polar surface area (TPSA) is 69.3 Å². The van der Waals surface area contributed by atoms with Crippen molar-refractivity contribution in [2.75, 3.05) is 5.32 Å². The third-order valence-corrected chi connectivity index (χ3v) is 5.67. The van der Waals surface area contributed by atoms with Crippen LogP contribution in [-0.4, -0.2) is 15.7 Å². The van der Waals surface area contributed by atoms with Crippen LogP contribution in [0.3, 0.4) is 0 Å². The van der Waals surface area contributed by atoms with Crippen LogP contribution in [0.25, 0.3) is 0 Å². The molecule has 2 heterocycles. The van der Waals surface area contributed by atoms with Crippen LogP contribution in [0, 0.1) is 13.8 Å². The molecule has 0 atom stereocenters. The number of rotatable bonds is 7. The van der Waals surface area contributed by atoms with Gasteiger partial charge >= 0.3 is 0 Å². The van der Waals surface area contributed by atoms with Gasteiger partial charge < -0.3 is 14.5 Å². The van der Waals surface area contributed by atoms with Gasteiger partial charge in [0.1, 0.15) is 18.1 Å². The maximum absolute atomic E-state index is 12.8. The summed E-state index contributed by atoms with van der Waals surface area (Å²) in [6.45, 7) is 4.41. The fourth-order valence-electron chi connectivity index (χ4n) is 3.28. The molecule has 4 rings (SSSR count). The number of anilines is 1. The van der Waals surface area contributed by atoms with E-state index in [4.69, 9.17) is 32.4 Å². The first-order valence-corrected chi connectivity index (χ1v) is 10.7. The van der Waals surface area contributed by atoms with Crippen LogP contribution in [-0.2, 0) is 13.2 Å². The largest absolute Gasteiger partial charge is 0.484 e. The van der Waals surface area contributed by atoms with Crippen LogP contribution >= 0.6 is 23.2 Å².